The summed E-state index contributed by atoms with van der Waals surface area (Å²) < 4.78 is 7.47. The first-order valence-corrected chi connectivity index (χ1v) is 9.09. The minimum Gasteiger partial charge on any atom is -0.482 e. The van der Waals surface area contributed by atoms with Crippen molar-refractivity contribution in [2.45, 2.75) is 13.5 Å². The molecule has 0 aliphatic heterocycles. The zero-order valence-electron chi connectivity index (χ0n) is 15.7. The van der Waals surface area contributed by atoms with E-state index in [9.17, 15) is 14.9 Å². The fourth-order valence-corrected chi connectivity index (χ4v) is 3.35. The topological polar surface area (TPSA) is 73.8 Å². The van der Waals surface area contributed by atoms with Gasteiger partial charge in [-0.1, -0.05) is 36.4 Å². The van der Waals surface area contributed by atoms with Gasteiger partial charge in [-0.05, 0) is 47.9 Å². The number of nitro groups is 1. The number of nitrogens with zero attached hydrogens (tertiary/aromatic N) is 2. The van der Waals surface area contributed by atoms with Crippen LogP contribution in [0.1, 0.15) is 21.6 Å². The molecular formula is C23H18N2O4. The number of hydrogen-bond donors (Lipinski definition) is 0. The van der Waals surface area contributed by atoms with E-state index >= 15 is 0 Å². The van der Waals surface area contributed by atoms with Gasteiger partial charge in [-0.2, -0.15) is 0 Å². The number of aromatic nitrogens is 1. The molecule has 6 nitrogen and oxygen atoms in total. The summed E-state index contributed by atoms with van der Waals surface area (Å²) in [5.41, 5.74) is 4.39. The highest BCUT2D eigenvalue weighted by atomic mass is 16.6. The first-order chi connectivity index (χ1) is 14.1. The second-order valence-electron chi connectivity index (χ2n) is 6.77. The summed E-state index contributed by atoms with van der Waals surface area (Å²) in [4.78, 5) is 22.9. The zero-order valence-corrected chi connectivity index (χ0v) is 15.7. The molecule has 2 aromatic carbocycles. The second kappa shape index (κ2) is 7.59. The van der Waals surface area contributed by atoms with Crippen molar-refractivity contribution < 1.29 is 14.5 Å². The van der Waals surface area contributed by atoms with E-state index in [0.29, 0.717) is 16.8 Å². The number of carbonyl (C=O) groups excluding carboxylic acids is 1. The van der Waals surface area contributed by atoms with Gasteiger partial charge in [-0.3, -0.25) is 14.9 Å². The van der Waals surface area contributed by atoms with Gasteiger partial charge >= 0.3 is 5.69 Å². The average Bonchev–Trinajstić information content (AvgIpc) is 3.10. The van der Waals surface area contributed by atoms with Gasteiger partial charge in [0.1, 0.15) is 6.61 Å². The Bertz CT molecular complexity index is 1210. The van der Waals surface area contributed by atoms with Crippen molar-refractivity contribution in [1.29, 1.82) is 0 Å². The second-order valence-corrected chi connectivity index (χ2v) is 6.77. The van der Waals surface area contributed by atoms with Crippen LogP contribution in [0.15, 0.2) is 72.9 Å². The van der Waals surface area contributed by atoms with E-state index in [-0.39, 0.29) is 18.0 Å². The molecule has 0 fully saturated rings. The van der Waals surface area contributed by atoms with Crippen molar-refractivity contribution in [3.8, 4) is 16.9 Å². The number of pyridine rings is 1. The number of carbonyl (C=O) groups is 1. The highest BCUT2D eigenvalue weighted by Crippen LogP contribution is 2.35. The van der Waals surface area contributed by atoms with E-state index in [1.54, 1.807) is 16.5 Å². The molecule has 0 spiro atoms. The Morgan fingerprint density at radius 2 is 1.86 bits per heavy atom. The van der Waals surface area contributed by atoms with Crippen LogP contribution in [-0.2, 0) is 6.61 Å². The van der Waals surface area contributed by atoms with E-state index in [1.807, 2.05) is 61.7 Å². The van der Waals surface area contributed by atoms with Crippen molar-refractivity contribution >= 4 is 17.5 Å². The zero-order chi connectivity index (χ0) is 20.4. The van der Waals surface area contributed by atoms with Crippen LogP contribution in [0.2, 0.25) is 0 Å². The Labute approximate surface area is 167 Å². The van der Waals surface area contributed by atoms with Gasteiger partial charge in [0, 0.05) is 23.3 Å². The molecule has 4 rings (SSSR count). The van der Waals surface area contributed by atoms with Gasteiger partial charge in [0.25, 0.3) is 0 Å². The first kappa shape index (κ1) is 18.4. The number of benzene rings is 2. The monoisotopic (exact) mass is 386 g/mol. The average molecular weight is 386 g/mol. The molecule has 0 radical (unpaired) electrons. The van der Waals surface area contributed by atoms with E-state index in [4.69, 9.17) is 4.74 Å². The summed E-state index contributed by atoms with van der Waals surface area (Å²) in [6.07, 6.45) is 2.59. The van der Waals surface area contributed by atoms with Gasteiger partial charge < -0.3 is 9.14 Å². The molecule has 0 aliphatic rings. The largest absolute Gasteiger partial charge is 0.482 e. The highest BCUT2D eigenvalue weighted by Gasteiger charge is 2.19. The van der Waals surface area contributed by atoms with Gasteiger partial charge in [0.05, 0.1) is 10.6 Å². The normalized spacial score (nSPS) is 10.8. The van der Waals surface area contributed by atoms with Crippen molar-refractivity contribution in [2.75, 3.05) is 0 Å². The highest BCUT2D eigenvalue weighted by molar-refractivity contribution is 5.90. The summed E-state index contributed by atoms with van der Waals surface area (Å²) in [7, 11) is 0. The number of nitro benzene ring substituents is 1. The molecule has 0 atom stereocenters. The summed E-state index contributed by atoms with van der Waals surface area (Å²) in [5.74, 6) is 0.190. The third-order valence-electron chi connectivity index (χ3n) is 4.78. The Kier molecular flexibility index (Phi) is 4.83. The predicted molar refractivity (Wildman–Crippen MR) is 110 cm³/mol. The van der Waals surface area contributed by atoms with E-state index in [0.717, 1.165) is 22.9 Å². The van der Waals surface area contributed by atoms with Crippen molar-refractivity contribution in [3.05, 3.63) is 99.9 Å². The molecule has 2 aromatic heterocycles. The van der Waals surface area contributed by atoms with Crippen LogP contribution in [0.4, 0.5) is 5.69 Å². The maximum Gasteiger partial charge on any atom is 0.311 e. The number of fused-ring (bicyclic) bond motifs is 1. The molecule has 4 aromatic rings. The van der Waals surface area contributed by atoms with Crippen molar-refractivity contribution in [1.82, 2.24) is 4.40 Å². The number of rotatable bonds is 6. The lowest BCUT2D eigenvalue weighted by Gasteiger charge is -2.08. The van der Waals surface area contributed by atoms with Crippen molar-refractivity contribution in [3.63, 3.8) is 0 Å². The van der Waals surface area contributed by atoms with Crippen LogP contribution in [0.3, 0.4) is 0 Å². The molecule has 2 heterocycles. The molecule has 0 unspecified atom stereocenters. The van der Waals surface area contributed by atoms with Crippen LogP contribution in [0.25, 0.3) is 16.6 Å². The molecule has 0 amide bonds. The van der Waals surface area contributed by atoms with Gasteiger partial charge in [0.2, 0.25) is 0 Å². The maximum absolute atomic E-state index is 11.7. The summed E-state index contributed by atoms with van der Waals surface area (Å²) >= 11 is 0. The smallest absolute Gasteiger partial charge is 0.311 e. The lowest BCUT2D eigenvalue weighted by Crippen LogP contribution is -1.99. The van der Waals surface area contributed by atoms with E-state index in [1.165, 1.54) is 6.07 Å². The standard InChI is InChI=1S/C23H18N2O4/c1-16-9-10-24-19(11-16)13-20(22(24)14-26)18-7-8-23(21(12-18)25(27)28)29-15-17-5-3-2-4-6-17/h2-14H,15H2,1H3. The van der Waals surface area contributed by atoms with E-state index < -0.39 is 4.92 Å². The predicted octanol–water partition coefficient (Wildman–Crippen LogP) is 5.21. The summed E-state index contributed by atoms with van der Waals surface area (Å²) in [5, 5.41) is 11.6. The Morgan fingerprint density at radius 1 is 1.07 bits per heavy atom. The van der Waals surface area contributed by atoms with Gasteiger partial charge in [-0.15, -0.1) is 0 Å². The molecule has 29 heavy (non-hydrogen) atoms. The number of aldehydes is 1. The number of ether oxygens (including phenoxy) is 1. The van der Waals surface area contributed by atoms with Gasteiger partial charge in [-0.25, -0.2) is 0 Å². The summed E-state index contributed by atoms with van der Waals surface area (Å²) in [6, 6.07) is 20.0. The maximum atomic E-state index is 11.7. The molecule has 0 saturated heterocycles. The fraction of sp³-hybridized carbons (Fsp3) is 0.0870. The lowest BCUT2D eigenvalue weighted by atomic mass is 10.0. The number of aryl methyl sites for hydroxylation is 1. The van der Waals surface area contributed by atoms with E-state index in [2.05, 4.69) is 0 Å². The fourth-order valence-electron chi connectivity index (χ4n) is 3.35. The van der Waals surface area contributed by atoms with Gasteiger partial charge in [0.15, 0.2) is 12.0 Å². The summed E-state index contributed by atoms with van der Waals surface area (Å²) in [6.45, 7) is 2.20. The molecule has 6 heteroatoms. The quantitative estimate of drug-likeness (QED) is 0.259. The van der Waals surface area contributed by atoms with Crippen LogP contribution < -0.4 is 4.74 Å². The Balaban J connectivity index is 1.74. The molecule has 0 saturated carbocycles. The van der Waals surface area contributed by atoms with Crippen LogP contribution in [0, 0.1) is 17.0 Å². The van der Waals surface area contributed by atoms with Crippen LogP contribution >= 0.6 is 0 Å². The minimum absolute atomic E-state index is 0.137. The minimum atomic E-state index is -0.468. The van der Waals surface area contributed by atoms with Crippen LogP contribution in [-0.4, -0.2) is 15.6 Å². The lowest BCUT2D eigenvalue weighted by molar-refractivity contribution is -0.385. The molecular weight excluding hydrogens is 368 g/mol. The third kappa shape index (κ3) is 3.60. The molecule has 144 valence electrons. The Hall–Kier alpha value is -3.93. The Morgan fingerprint density at radius 3 is 2.59 bits per heavy atom. The molecule has 0 N–H and O–H groups in total. The third-order valence-corrected chi connectivity index (χ3v) is 4.78. The number of hydrogen-bond acceptors (Lipinski definition) is 4. The molecule has 0 aliphatic carbocycles. The van der Waals surface area contributed by atoms with Crippen LogP contribution in [0.5, 0.6) is 5.75 Å². The first-order valence-electron chi connectivity index (χ1n) is 9.09. The molecule has 0 bridgehead atoms. The van der Waals surface area contributed by atoms with Crippen molar-refractivity contribution in [2.24, 2.45) is 0 Å². The SMILES string of the molecule is Cc1ccn2c(C=O)c(-c3ccc(OCc4ccccc4)c([N+](=O)[O-])c3)cc2c1.